The molecular weight excluding hydrogens is 320 g/mol. The Labute approximate surface area is 145 Å². The molecule has 2 N–H and O–H groups in total. The standard InChI is InChI=1S/C17H22N6S/c1-11(2)15-10-23-14(8-20-17(23)24-15)13-7-19-9-16(22-13)21-12-4-3-5-18-6-12/h7-12,18H,3-6H2,1-2H3,(H,21,22)/t12-/m1/s1. The fraction of sp³-hybridized carbons (Fsp3) is 0.471. The minimum atomic E-state index is 0.419. The first kappa shape index (κ1) is 15.5. The topological polar surface area (TPSA) is 67.1 Å². The highest BCUT2D eigenvalue weighted by atomic mass is 32.1. The van der Waals surface area contributed by atoms with E-state index in [1.54, 1.807) is 23.7 Å². The van der Waals surface area contributed by atoms with Crippen LogP contribution in [0.3, 0.4) is 0 Å². The zero-order valence-corrected chi connectivity index (χ0v) is 14.8. The van der Waals surface area contributed by atoms with E-state index in [-0.39, 0.29) is 0 Å². The minimum Gasteiger partial charge on any atom is -0.365 e. The predicted molar refractivity (Wildman–Crippen MR) is 97.7 cm³/mol. The van der Waals surface area contributed by atoms with E-state index in [4.69, 9.17) is 4.98 Å². The van der Waals surface area contributed by atoms with E-state index < -0.39 is 0 Å². The summed E-state index contributed by atoms with van der Waals surface area (Å²) in [5, 5.41) is 6.90. The van der Waals surface area contributed by atoms with Crippen molar-refractivity contribution < 1.29 is 0 Å². The van der Waals surface area contributed by atoms with Gasteiger partial charge in [-0.2, -0.15) is 0 Å². The van der Waals surface area contributed by atoms with Gasteiger partial charge in [-0.05, 0) is 25.3 Å². The average molecular weight is 342 g/mol. The molecule has 1 atom stereocenters. The molecular formula is C17H22N6S. The first-order chi connectivity index (χ1) is 11.7. The van der Waals surface area contributed by atoms with Crippen molar-refractivity contribution in [2.45, 2.75) is 38.6 Å². The quantitative estimate of drug-likeness (QED) is 0.762. The summed E-state index contributed by atoms with van der Waals surface area (Å²) in [5.74, 6) is 1.33. The summed E-state index contributed by atoms with van der Waals surface area (Å²) < 4.78 is 2.12. The Hall–Kier alpha value is -1.99. The van der Waals surface area contributed by atoms with Crippen molar-refractivity contribution in [2.24, 2.45) is 0 Å². The molecule has 4 rings (SSSR count). The molecule has 3 aromatic rings. The van der Waals surface area contributed by atoms with Crippen LogP contribution in [-0.4, -0.2) is 38.5 Å². The van der Waals surface area contributed by atoms with E-state index in [1.165, 1.54) is 11.3 Å². The second-order valence-corrected chi connectivity index (χ2v) is 7.60. The normalized spacial score (nSPS) is 18.4. The summed E-state index contributed by atoms with van der Waals surface area (Å²) >= 11 is 1.73. The van der Waals surface area contributed by atoms with Crippen LogP contribution in [0.2, 0.25) is 0 Å². The van der Waals surface area contributed by atoms with Crippen molar-refractivity contribution in [3.63, 3.8) is 0 Å². The lowest BCUT2D eigenvalue weighted by molar-refractivity contribution is 0.479. The Morgan fingerprint density at radius 2 is 2.25 bits per heavy atom. The van der Waals surface area contributed by atoms with Crippen LogP contribution >= 0.6 is 11.3 Å². The van der Waals surface area contributed by atoms with E-state index >= 15 is 0 Å². The maximum atomic E-state index is 4.76. The summed E-state index contributed by atoms with van der Waals surface area (Å²) in [4.78, 5) is 16.0. The van der Waals surface area contributed by atoms with Crippen molar-refractivity contribution >= 4 is 22.1 Å². The van der Waals surface area contributed by atoms with Gasteiger partial charge in [0.25, 0.3) is 0 Å². The maximum Gasteiger partial charge on any atom is 0.194 e. The van der Waals surface area contributed by atoms with Gasteiger partial charge in [0.1, 0.15) is 11.5 Å². The highest BCUT2D eigenvalue weighted by Crippen LogP contribution is 2.28. The first-order valence-electron chi connectivity index (χ1n) is 8.47. The Kier molecular flexibility index (Phi) is 4.20. The number of piperidine rings is 1. The monoisotopic (exact) mass is 342 g/mol. The van der Waals surface area contributed by atoms with Crippen molar-refractivity contribution in [3.05, 3.63) is 29.7 Å². The van der Waals surface area contributed by atoms with E-state index in [9.17, 15) is 0 Å². The van der Waals surface area contributed by atoms with E-state index in [1.807, 2.05) is 6.20 Å². The van der Waals surface area contributed by atoms with Crippen molar-refractivity contribution in [3.8, 4) is 11.4 Å². The van der Waals surface area contributed by atoms with Crippen LogP contribution in [0.1, 0.15) is 37.5 Å². The molecule has 0 unspecified atom stereocenters. The smallest absolute Gasteiger partial charge is 0.194 e. The van der Waals surface area contributed by atoms with Crippen LogP contribution in [-0.2, 0) is 0 Å². The summed E-state index contributed by atoms with van der Waals surface area (Å²) in [6, 6.07) is 0.419. The van der Waals surface area contributed by atoms with Gasteiger partial charge in [0.15, 0.2) is 4.96 Å². The Balaban J connectivity index is 1.63. The molecule has 6 nitrogen and oxygen atoms in total. The second kappa shape index (κ2) is 6.49. The van der Waals surface area contributed by atoms with Gasteiger partial charge in [-0.15, -0.1) is 11.3 Å². The number of hydrogen-bond acceptors (Lipinski definition) is 6. The van der Waals surface area contributed by atoms with Gasteiger partial charge in [0.05, 0.1) is 24.3 Å². The molecule has 1 aliphatic heterocycles. The van der Waals surface area contributed by atoms with E-state index in [2.05, 4.69) is 45.0 Å². The van der Waals surface area contributed by atoms with Crippen molar-refractivity contribution in [1.29, 1.82) is 0 Å². The zero-order chi connectivity index (χ0) is 16.5. The van der Waals surface area contributed by atoms with Gasteiger partial charge in [-0.3, -0.25) is 9.38 Å². The van der Waals surface area contributed by atoms with Crippen LogP contribution < -0.4 is 10.6 Å². The lowest BCUT2D eigenvalue weighted by Crippen LogP contribution is -2.38. The Morgan fingerprint density at radius 3 is 3.04 bits per heavy atom. The number of hydrogen-bond donors (Lipinski definition) is 2. The summed E-state index contributed by atoms with van der Waals surface area (Å²) in [5.41, 5.74) is 1.84. The summed E-state index contributed by atoms with van der Waals surface area (Å²) in [6.07, 6.45) is 10.0. The number of nitrogens with one attached hydrogen (secondary N) is 2. The number of aromatic nitrogens is 4. The minimum absolute atomic E-state index is 0.419. The molecule has 0 spiro atoms. The molecule has 126 valence electrons. The highest BCUT2D eigenvalue weighted by molar-refractivity contribution is 7.17. The molecule has 1 fully saturated rings. The lowest BCUT2D eigenvalue weighted by atomic mass is 10.1. The maximum absolute atomic E-state index is 4.76. The molecule has 0 radical (unpaired) electrons. The second-order valence-electron chi connectivity index (χ2n) is 6.56. The van der Waals surface area contributed by atoms with E-state index in [0.717, 1.165) is 41.7 Å². The molecule has 0 aliphatic carbocycles. The first-order valence-corrected chi connectivity index (χ1v) is 9.29. The third kappa shape index (κ3) is 3.01. The fourth-order valence-electron chi connectivity index (χ4n) is 3.00. The van der Waals surface area contributed by atoms with Crippen LogP contribution in [0.15, 0.2) is 24.8 Å². The average Bonchev–Trinajstić information content (AvgIpc) is 3.16. The SMILES string of the molecule is CC(C)c1cn2c(-c3cncc(N[C@@H]4CCCNC4)n3)cnc2s1. The van der Waals surface area contributed by atoms with Crippen LogP contribution in [0.5, 0.6) is 0 Å². The van der Waals surface area contributed by atoms with Crippen LogP contribution in [0, 0.1) is 0 Å². The molecule has 1 saturated heterocycles. The molecule has 4 heterocycles. The summed E-state index contributed by atoms with van der Waals surface area (Å²) in [6.45, 7) is 6.49. The molecule has 1 aliphatic rings. The van der Waals surface area contributed by atoms with Gasteiger partial charge in [-0.1, -0.05) is 13.8 Å². The molecule has 3 aromatic heterocycles. The van der Waals surface area contributed by atoms with Gasteiger partial charge < -0.3 is 10.6 Å². The van der Waals surface area contributed by atoms with Gasteiger partial charge in [-0.25, -0.2) is 9.97 Å². The largest absolute Gasteiger partial charge is 0.365 e. The third-order valence-corrected chi connectivity index (χ3v) is 5.64. The van der Waals surface area contributed by atoms with E-state index in [0.29, 0.717) is 12.0 Å². The Morgan fingerprint density at radius 1 is 1.33 bits per heavy atom. The third-order valence-electron chi connectivity index (χ3n) is 4.34. The number of thiazole rings is 1. The van der Waals surface area contributed by atoms with Crippen molar-refractivity contribution in [1.82, 2.24) is 24.7 Å². The molecule has 7 heteroatoms. The number of fused-ring (bicyclic) bond motifs is 1. The fourth-order valence-corrected chi connectivity index (χ4v) is 3.96. The highest BCUT2D eigenvalue weighted by Gasteiger charge is 2.15. The predicted octanol–water partition coefficient (Wildman–Crippen LogP) is 3.14. The van der Waals surface area contributed by atoms with Crippen LogP contribution in [0.4, 0.5) is 5.82 Å². The molecule has 0 amide bonds. The number of rotatable bonds is 4. The lowest BCUT2D eigenvalue weighted by Gasteiger charge is -2.24. The molecule has 24 heavy (non-hydrogen) atoms. The molecule has 0 saturated carbocycles. The zero-order valence-electron chi connectivity index (χ0n) is 14.0. The number of anilines is 1. The van der Waals surface area contributed by atoms with Crippen LogP contribution in [0.25, 0.3) is 16.3 Å². The molecule has 0 aromatic carbocycles. The number of nitrogens with zero attached hydrogens (tertiary/aromatic N) is 4. The Bertz CT molecular complexity index is 831. The van der Waals surface area contributed by atoms with Gasteiger partial charge in [0, 0.05) is 23.7 Å². The number of imidazole rings is 1. The van der Waals surface area contributed by atoms with Gasteiger partial charge in [0.2, 0.25) is 0 Å². The van der Waals surface area contributed by atoms with Crippen molar-refractivity contribution in [2.75, 3.05) is 18.4 Å². The van der Waals surface area contributed by atoms with Gasteiger partial charge >= 0.3 is 0 Å². The summed E-state index contributed by atoms with van der Waals surface area (Å²) in [7, 11) is 0. The molecule has 0 bridgehead atoms.